The minimum absolute atomic E-state index is 0.0348. The standard InChI is InChI=1S/C16H20O4/c1-5-9-19-13-8-6-7-12(10-13)11-14(17)20-15(18)16(2,3)4/h5-8,10H,1,9,11H2,2-4H3. The Kier molecular flexibility index (Phi) is 5.50. The highest BCUT2D eigenvalue weighted by Crippen LogP contribution is 2.17. The second kappa shape index (κ2) is 6.89. The summed E-state index contributed by atoms with van der Waals surface area (Å²) in [5.41, 5.74) is 0.0446. The topological polar surface area (TPSA) is 52.6 Å². The molecule has 4 nitrogen and oxygen atoms in total. The molecule has 4 heteroatoms. The van der Waals surface area contributed by atoms with Crippen molar-refractivity contribution in [1.29, 1.82) is 0 Å². The van der Waals surface area contributed by atoms with Gasteiger partial charge >= 0.3 is 11.9 Å². The number of ether oxygens (including phenoxy) is 2. The van der Waals surface area contributed by atoms with E-state index in [9.17, 15) is 9.59 Å². The highest BCUT2D eigenvalue weighted by Gasteiger charge is 2.25. The molecule has 0 radical (unpaired) electrons. The van der Waals surface area contributed by atoms with Crippen LogP contribution in [0.25, 0.3) is 0 Å². The van der Waals surface area contributed by atoms with Crippen molar-refractivity contribution in [3.63, 3.8) is 0 Å². The van der Waals surface area contributed by atoms with Gasteiger partial charge in [-0.15, -0.1) is 0 Å². The molecule has 0 saturated carbocycles. The summed E-state index contributed by atoms with van der Waals surface area (Å²) in [6, 6.07) is 7.10. The van der Waals surface area contributed by atoms with Crippen LogP contribution in [0, 0.1) is 5.41 Å². The van der Waals surface area contributed by atoms with E-state index in [4.69, 9.17) is 9.47 Å². The maximum absolute atomic E-state index is 11.7. The number of carbonyl (C=O) groups excluding carboxylic acids is 2. The molecule has 0 aliphatic heterocycles. The SMILES string of the molecule is C=CCOc1cccc(CC(=O)OC(=O)C(C)(C)C)c1. The third kappa shape index (κ3) is 5.26. The molecule has 0 aliphatic carbocycles. The summed E-state index contributed by atoms with van der Waals surface area (Å²) in [7, 11) is 0. The smallest absolute Gasteiger partial charge is 0.318 e. The van der Waals surface area contributed by atoms with E-state index >= 15 is 0 Å². The number of hydrogen-bond acceptors (Lipinski definition) is 4. The van der Waals surface area contributed by atoms with E-state index < -0.39 is 17.4 Å². The van der Waals surface area contributed by atoms with Crippen LogP contribution >= 0.6 is 0 Å². The van der Waals surface area contributed by atoms with Crippen LogP contribution in [0.15, 0.2) is 36.9 Å². The van der Waals surface area contributed by atoms with Gasteiger partial charge in [-0.1, -0.05) is 24.8 Å². The van der Waals surface area contributed by atoms with E-state index in [1.807, 2.05) is 0 Å². The van der Waals surface area contributed by atoms with Gasteiger partial charge in [-0.2, -0.15) is 0 Å². The van der Waals surface area contributed by atoms with E-state index in [1.54, 1.807) is 51.1 Å². The van der Waals surface area contributed by atoms with Crippen LogP contribution in [-0.4, -0.2) is 18.5 Å². The van der Waals surface area contributed by atoms with Gasteiger partial charge in [0.2, 0.25) is 0 Å². The van der Waals surface area contributed by atoms with Gasteiger partial charge in [0.1, 0.15) is 12.4 Å². The van der Waals surface area contributed by atoms with Crippen molar-refractivity contribution in [2.45, 2.75) is 27.2 Å². The summed E-state index contributed by atoms with van der Waals surface area (Å²) >= 11 is 0. The van der Waals surface area contributed by atoms with E-state index in [0.29, 0.717) is 12.4 Å². The summed E-state index contributed by atoms with van der Waals surface area (Å²) < 4.78 is 10.2. The zero-order valence-corrected chi connectivity index (χ0v) is 12.1. The molecule has 108 valence electrons. The van der Waals surface area contributed by atoms with Crippen molar-refractivity contribution < 1.29 is 19.1 Å². The molecule has 1 rings (SSSR count). The van der Waals surface area contributed by atoms with E-state index in [0.717, 1.165) is 5.56 Å². The van der Waals surface area contributed by atoms with E-state index in [1.165, 1.54) is 0 Å². The minimum atomic E-state index is -0.690. The van der Waals surface area contributed by atoms with Gasteiger partial charge in [-0.3, -0.25) is 9.59 Å². The molecule has 0 aliphatic rings. The Morgan fingerprint density at radius 1 is 1.30 bits per heavy atom. The molecule has 0 fully saturated rings. The largest absolute Gasteiger partial charge is 0.490 e. The molecule has 1 aromatic rings. The first-order valence-corrected chi connectivity index (χ1v) is 6.40. The van der Waals surface area contributed by atoms with Crippen LogP contribution in [0.4, 0.5) is 0 Å². The third-order valence-electron chi connectivity index (χ3n) is 2.43. The number of carbonyl (C=O) groups is 2. The first-order valence-electron chi connectivity index (χ1n) is 6.40. The molecule has 0 atom stereocenters. The summed E-state index contributed by atoms with van der Waals surface area (Å²) in [6.07, 6.45) is 1.68. The normalized spacial score (nSPS) is 10.8. The Morgan fingerprint density at radius 2 is 2.00 bits per heavy atom. The molecule has 0 aromatic heterocycles. The van der Waals surface area contributed by atoms with E-state index in [2.05, 4.69) is 6.58 Å². The molecule has 1 aromatic carbocycles. The van der Waals surface area contributed by atoms with Crippen molar-refractivity contribution >= 4 is 11.9 Å². The van der Waals surface area contributed by atoms with Crippen molar-refractivity contribution in [3.8, 4) is 5.75 Å². The van der Waals surface area contributed by atoms with Crippen LogP contribution in [0.5, 0.6) is 5.75 Å². The Hall–Kier alpha value is -2.10. The molecule has 0 bridgehead atoms. The summed E-state index contributed by atoms with van der Waals surface area (Å²) in [5, 5.41) is 0. The maximum atomic E-state index is 11.7. The monoisotopic (exact) mass is 276 g/mol. The quantitative estimate of drug-likeness (QED) is 0.471. The molecule has 0 saturated heterocycles. The predicted octanol–water partition coefficient (Wildman–Crippen LogP) is 2.91. The van der Waals surface area contributed by atoms with Gasteiger partial charge in [0.25, 0.3) is 0 Å². The van der Waals surface area contributed by atoms with Crippen molar-refractivity contribution in [2.75, 3.05) is 6.61 Å². The second-order valence-corrected chi connectivity index (χ2v) is 5.44. The molecular weight excluding hydrogens is 256 g/mol. The fourth-order valence-electron chi connectivity index (χ4n) is 1.36. The average Bonchev–Trinajstić information content (AvgIpc) is 2.35. The Labute approximate surface area is 119 Å². The van der Waals surface area contributed by atoms with Crippen LogP contribution in [-0.2, 0) is 20.7 Å². The summed E-state index contributed by atoms with van der Waals surface area (Å²) in [4.78, 5) is 23.3. The number of rotatable bonds is 5. The minimum Gasteiger partial charge on any atom is -0.490 e. The Bertz CT molecular complexity index is 497. The van der Waals surface area contributed by atoms with Crippen LogP contribution < -0.4 is 4.74 Å². The van der Waals surface area contributed by atoms with Gasteiger partial charge in [0.15, 0.2) is 0 Å². The summed E-state index contributed by atoms with van der Waals surface area (Å²) in [6.45, 7) is 9.07. The third-order valence-corrected chi connectivity index (χ3v) is 2.43. The molecule has 0 unspecified atom stereocenters. The fourth-order valence-corrected chi connectivity index (χ4v) is 1.36. The molecular formula is C16H20O4. The Balaban J connectivity index is 2.62. The second-order valence-electron chi connectivity index (χ2n) is 5.44. The molecule has 20 heavy (non-hydrogen) atoms. The van der Waals surface area contributed by atoms with Crippen molar-refractivity contribution in [1.82, 2.24) is 0 Å². The first-order chi connectivity index (χ1) is 9.32. The van der Waals surface area contributed by atoms with Gasteiger partial charge in [-0.25, -0.2) is 0 Å². The van der Waals surface area contributed by atoms with Crippen LogP contribution in [0.2, 0.25) is 0 Å². The highest BCUT2D eigenvalue weighted by atomic mass is 16.6. The lowest BCUT2D eigenvalue weighted by atomic mass is 9.97. The predicted molar refractivity (Wildman–Crippen MR) is 76.4 cm³/mol. The van der Waals surface area contributed by atoms with E-state index in [-0.39, 0.29) is 6.42 Å². The van der Waals surface area contributed by atoms with Crippen LogP contribution in [0.1, 0.15) is 26.3 Å². The lowest BCUT2D eigenvalue weighted by molar-refractivity contribution is -0.165. The number of hydrogen-bond donors (Lipinski definition) is 0. The van der Waals surface area contributed by atoms with Crippen LogP contribution in [0.3, 0.4) is 0 Å². The number of esters is 2. The fraction of sp³-hybridized carbons (Fsp3) is 0.375. The zero-order chi connectivity index (χ0) is 15.2. The zero-order valence-electron chi connectivity index (χ0n) is 12.1. The molecule has 0 N–H and O–H groups in total. The van der Waals surface area contributed by atoms with Gasteiger partial charge in [0.05, 0.1) is 11.8 Å². The lowest BCUT2D eigenvalue weighted by Crippen LogP contribution is -2.26. The van der Waals surface area contributed by atoms with Gasteiger partial charge in [0, 0.05) is 0 Å². The first kappa shape index (κ1) is 16.0. The average molecular weight is 276 g/mol. The van der Waals surface area contributed by atoms with Gasteiger partial charge in [-0.05, 0) is 38.5 Å². The maximum Gasteiger partial charge on any atom is 0.318 e. The lowest BCUT2D eigenvalue weighted by Gasteiger charge is -2.15. The highest BCUT2D eigenvalue weighted by molar-refractivity contribution is 5.89. The molecule has 0 spiro atoms. The van der Waals surface area contributed by atoms with Crippen molar-refractivity contribution in [2.24, 2.45) is 5.41 Å². The molecule has 0 amide bonds. The summed E-state index contributed by atoms with van der Waals surface area (Å²) in [5.74, 6) is -0.440. The van der Waals surface area contributed by atoms with Crippen molar-refractivity contribution in [3.05, 3.63) is 42.5 Å². The van der Waals surface area contributed by atoms with Gasteiger partial charge < -0.3 is 9.47 Å². The molecule has 0 heterocycles. The number of benzene rings is 1. The Morgan fingerprint density at radius 3 is 2.60 bits per heavy atom.